The maximum Gasteiger partial charge on any atom is 0.302 e. The van der Waals surface area contributed by atoms with E-state index >= 15 is 0 Å². The summed E-state index contributed by atoms with van der Waals surface area (Å²) in [6.07, 6.45) is 3.30. The predicted molar refractivity (Wildman–Crippen MR) is 97.1 cm³/mol. The SMILES string of the molecule is CC(=O)OCc1c(-c2c[nH]c(=O)c(Nc3cc(C)[nH]n3)c2)ccnc1C. The Hall–Kier alpha value is -3.42. The first-order chi connectivity index (χ1) is 12.4. The summed E-state index contributed by atoms with van der Waals surface area (Å²) >= 11 is 0. The van der Waals surface area contributed by atoms with Crippen molar-refractivity contribution in [2.45, 2.75) is 27.4 Å². The Balaban J connectivity index is 1.99. The summed E-state index contributed by atoms with van der Waals surface area (Å²) < 4.78 is 5.14. The van der Waals surface area contributed by atoms with Crippen molar-refractivity contribution in [1.29, 1.82) is 0 Å². The second kappa shape index (κ2) is 7.22. The van der Waals surface area contributed by atoms with Gasteiger partial charge in [0, 0.05) is 47.9 Å². The fourth-order valence-corrected chi connectivity index (χ4v) is 2.58. The third-order valence-electron chi connectivity index (χ3n) is 3.87. The quantitative estimate of drug-likeness (QED) is 0.608. The second-order valence-electron chi connectivity index (χ2n) is 5.90. The van der Waals surface area contributed by atoms with Crippen LogP contribution in [0.1, 0.15) is 23.9 Å². The number of carbonyl (C=O) groups is 1. The van der Waals surface area contributed by atoms with Gasteiger partial charge in [-0.3, -0.25) is 19.7 Å². The van der Waals surface area contributed by atoms with Crippen LogP contribution in [-0.2, 0) is 16.1 Å². The number of esters is 1. The summed E-state index contributed by atoms with van der Waals surface area (Å²) in [4.78, 5) is 30.3. The molecule has 0 aliphatic carbocycles. The van der Waals surface area contributed by atoms with Gasteiger partial charge >= 0.3 is 5.97 Å². The minimum Gasteiger partial charge on any atom is -0.461 e. The van der Waals surface area contributed by atoms with Crippen molar-refractivity contribution < 1.29 is 9.53 Å². The summed E-state index contributed by atoms with van der Waals surface area (Å²) in [5.41, 5.74) is 4.13. The highest BCUT2D eigenvalue weighted by Crippen LogP contribution is 2.27. The van der Waals surface area contributed by atoms with Gasteiger partial charge in [-0.25, -0.2) is 0 Å². The summed E-state index contributed by atoms with van der Waals surface area (Å²) in [6.45, 7) is 5.20. The van der Waals surface area contributed by atoms with Gasteiger partial charge in [-0.05, 0) is 31.5 Å². The van der Waals surface area contributed by atoms with Crippen molar-refractivity contribution in [1.82, 2.24) is 20.2 Å². The average Bonchev–Trinajstić information content (AvgIpc) is 3.00. The van der Waals surface area contributed by atoms with Gasteiger partial charge in [0.2, 0.25) is 0 Å². The summed E-state index contributed by atoms with van der Waals surface area (Å²) in [5.74, 6) is 0.188. The molecule has 3 N–H and O–H groups in total. The van der Waals surface area contributed by atoms with E-state index < -0.39 is 0 Å². The fraction of sp³-hybridized carbons (Fsp3) is 0.222. The first-order valence-electron chi connectivity index (χ1n) is 8.04. The number of nitrogens with zero attached hydrogens (tertiary/aromatic N) is 2. The lowest BCUT2D eigenvalue weighted by Gasteiger charge is -2.13. The molecule has 3 heterocycles. The molecule has 26 heavy (non-hydrogen) atoms. The molecule has 0 amide bonds. The Bertz CT molecular complexity index is 1010. The summed E-state index contributed by atoms with van der Waals surface area (Å²) in [5, 5.41) is 9.90. The van der Waals surface area contributed by atoms with E-state index in [4.69, 9.17) is 4.74 Å². The minimum atomic E-state index is -0.364. The van der Waals surface area contributed by atoms with Crippen molar-refractivity contribution in [2.75, 3.05) is 5.32 Å². The topological polar surface area (TPSA) is 113 Å². The Morgan fingerprint density at radius 2 is 2.12 bits per heavy atom. The van der Waals surface area contributed by atoms with E-state index in [0.29, 0.717) is 11.5 Å². The van der Waals surface area contributed by atoms with E-state index in [1.165, 1.54) is 6.92 Å². The van der Waals surface area contributed by atoms with Crippen LogP contribution in [-0.4, -0.2) is 26.1 Å². The number of rotatable bonds is 5. The van der Waals surface area contributed by atoms with Gasteiger partial charge in [-0.2, -0.15) is 5.10 Å². The van der Waals surface area contributed by atoms with Crippen molar-refractivity contribution in [3.63, 3.8) is 0 Å². The molecule has 0 radical (unpaired) electrons. The van der Waals surface area contributed by atoms with Crippen LogP contribution in [0.2, 0.25) is 0 Å². The number of aromatic amines is 2. The standard InChI is InChI=1S/C18H19N5O3/c1-10-6-17(23-22-10)21-16-7-13(8-20-18(16)25)14-4-5-19-11(2)15(14)9-26-12(3)24/h4-8H,9H2,1-3H3,(H,20,25)(H2,21,22,23). The Morgan fingerprint density at radius 3 is 2.81 bits per heavy atom. The van der Waals surface area contributed by atoms with E-state index in [-0.39, 0.29) is 18.1 Å². The van der Waals surface area contributed by atoms with Crippen LogP contribution in [0.15, 0.2) is 35.4 Å². The van der Waals surface area contributed by atoms with Crippen LogP contribution in [0.25, 0.3) is 11.1 Å². The highest BCUT2D eigenvalue weighted by Gasteiger charge is 2.13. The average molecular weight is 353 g/mol. The largest absolute Gasteiger partial charge is 0.461 e. The third-order valence-corrected chi connectivity index (χ3v) is 3.87. The zero-order valence-corrected chi connectivity index (χ0v) is 14.7. The molecular weight excluding hydrogens is 334 g/mol. The highest BCUT2D eigenvalue weighted by atomic mass is 16.5. The lowest BCUT2D eigenvalue weighted by molar-refractivity contribution is -0.142. The van der Waals surface area contributed by atoms with E-state index in [9.17, 15) is 9.59 Å². The zero-order valence-electron chi connectivity index (χ0n) is 14.7. The molecule has 3 rings (SSSR count). The number of nitrogens with one attached hydrogen (secondary N) is 3. The lowest BCUT2D eigenvalue weighted by atomic mass is 10.0. The second-order valence-corrected chi connectivity index (χ2v) is 5.90. The number of H-pyrrole nitrogens is 2. The molecule has 0 aliphatic rings. The van der Waals surface area contributed by atoms with E-state index in [1.54, 1.807) is 24.5 Å². The maximum atomic E-state index is 12.1. The Morgan fingerprint density at radius 1 is 1.31 bits per heavy atom. The number of aromatic nitrogens is 4. The molecule has 0 aliphatic heterocycles. The van der Waals surface area contributed by atoms with Gasteiger partial charge in [0.05, 0.1) is 0 Å². The van der Waals surface area contributed by atoms with Gasteiger partial charge in [-0.1, -0.05) is 0 Å². The minimum absolute atomic E-state index is 0.116. The number of hydrogen-bond donors (Lipinski definition) is 3. The van der Waals surface area contributed by atoms with Crippen molar-refractivity contribution in [3.05, 3.63) is 57.9 Å². The zero-order chi connectivity index (χ0) is 18.7. The number of ether oxygens (including phenoxy) is 1. The monoisotopic (exact) mass is 353 g/mol. The molecule has 0 bridgehead atoms. The van der Waals surface area contributed by atoms with Crippen LogP contribution >= 0.6 is 0 Å². The van der Waals surface area contributed by atoms with Gasteiger partial charge in [0.15, 0.2) is 5.82 Å². The molecular formula is C18H19N5O3. The molecule has 3 aromatic heterocycles. The molecule has 8 heteroatoms. The number of hydrogen-bond acceptors (Lipinski definition) is 6. The smallest absolute Gasteiger partial charge is 0.302 e. The normalized spacial score (nSPS) is 10.6. The van der Waals surface area contributed by atoms with Gasteiger partial charge in [0.25, 0.3) is 5.56 Å². The first-order valence-corrected chi connectivity index (χ1v) is 8.04. The molecule has 3 aromatic rings. The van der Waals surface area contributed by atoms with Crippen LogP contribution in [0, 0.1) is 13.8 Å². The number of anilines is 2. The molecule has 0 saturated carbocycles. The van der Waals surface area contributed by atoms with Gasteiger partial charge < -0.3 is 15.0 Å². The molecule has 0 fully saturated rings. The molecule has 0 aromatic carbocycles. The summed E-state index contributed by atoms with van der Waals surface area (Å²) in [6, 6.07) is 5.35. The highest BCUT2D eigenvalue weighted by molar-refractivity contribution is 5.72. The van der Waals surface area contributed by atoms with Crippen molar-refractivity contribution in [3.8, 4) is 11.1 Å². The number of pyridine rings is 2. The molecule has 0 atom stereocenters. The van der Waals surface area contributed by atoms with Gasteiger partial charge in [0.1, 0.15) is 12.3 Å². The van der Waals surface area contributed by atoms with Crippen LogP contribution in [0.4, 0.5) is 11.5 Å². The molecule has 134 valence electrons. The fourth-order valence-electron chi connectivity index (χ4n) is 2.58. The first kappa shape index (κ1) is 17.4. The predicted octanol–water partition coefficient (Wildman–Crippen LogP) is 2.58. The third kappa shape index (κ3) is 3.80. The summed E-state index contributed by atoms with van der Waals surface area (Å²) in [7, 11) is 0. The van der Waals surface area contributed by atoms with E-state index in [1.807, 2.05) is 19.9 Å². The Kier molecular flexibility index (Phi) is 4.83. The molecule has 0 unspecified atom stereocenters. The molecule has 0 spiro atoms. The van der Waals surface area contributed by atoms with Crippen LogP contribution in [0.3, 0.4) is 0 Å². The van der Waals surface area contributed by atoms with Crippen molar-refractivity contribution in [2.24, 2.45) is 0 Å². The molecule has 8 nitrogen and oxygen atoms in total. The van der Waals surface area contributed by atoms with E-state index in [2.05, 4.69) is 25.5 Å². The van der Waals surface area contributed by atoms with Gasteiger partial charge in [-0.15, -0.1) is 0 Å². The van der Waals surface area contributed by atoms with Crippen LogP contribution in [0.5, 0.6) is 0 Å². The van der Waals surface area contributed by atoms with Crippen LogP contribution < -0.4 is 10.9 Å². The maximum absolute atomic E-state index is 12.1. The van der Waals surface area contributed by atoms with E-state index in [0.717, 1.165) is 28.1 Å². The van der Waals surface area contributed by atoms with Crippen molar-refractivity contribution >= 4 is 17.5 Å². The Labute approximate surface area is 149 Å². The number of aryl methyl sites for hydroxylation is 2. The number of carbonyl (C=O) groups excluding carboxylic acids is 1. The molecule has 0 saturated heterocycles. The lowest BCUT2D eigenvalue weighted by Crippen LogP contribution is -2.11.